The van der Waals surface area contributed by atoms with E-state index >= 15 is 0 Å². The highest BCUT2D eigenvalue weighted by Gasteiger charge is 2.26. The molecule has 1 aromatic carbocycles. The lowest BCUT2D eigenvalue weighted by molar-refractivity contribution is -0.131. The highest BCUT2D eigenvalue weighted by molar-refractivity contribution is 7.10. The van der Waals surface area contributed by atoms with Gasteiger partial charge in [-0.25, -0.2) is 9.97 Å². The number of amides is 3. The van der Waals surface area contributed by atoms with E-state index in [1.165, 1.54) is 19.5 Å². The smallest absolute Gasteiger partial charge is 0.273 e. The van der Waals surface area contributed by atoms with Gasteiger partial charge in [-0.1, -0.05) is 18.2 Å². The van der Waals surface area contributed by atoms with Gasteiger partial charge in [0.1, 0.15) is 5.75 Å². The molecule has 3 aromatic rings. The van der Waals surface area contributed by atoms with Gasteiger partial charge in [0.15, 0.2) is 11.5 Å². The highest BCUT2D eigenvalue weighted by Crippen LogP contribution is 2.20. The van der Waals surface area contributed by atoms with Gasteiger partial charge in [-0.2, -0.15) is 0 Å². The second-order valence-corrected chi connectivity index (χ2v) is 8.82. The average molecular weight is 480 g/mol. The van der Waals surface area contributed by atoms with Crippen LogP contribution in [-0.4, -0.2) is 58.8 Å². The Morgan fingerprint density at radius 3 is 2.56 bits per heavy atom. The van der Waals surface area contributed by atoms with Crippen LogP contribution in [0.15, 0.2) is 54.2 Å². The fourth-order valence-electron chi connectivity index (χ4n) is 3.80. The summed E-state index contributed by atoms with van der Waals surface area (Å²) in [6.45, 7) is 1.15. The zero-order chi connectivity index (χ0) is 23.9. The van der Waals surface area contributed by atoms with Crippen LogP contribution < -0.4 is 15.4 Å². The van der Waals surface area contributed by atoms with Crippen molar-refractivity contribution >= 4 is 34.9 Å². The lowest BCUT2D eigenvalue weighted by Gasteiger charge is -2.32. The summed E-state index contributed by atoms with van der Waals surface area (Å²) in [5.74, 6) is -0.298. The van der Waals surface area contributed by atoms with Crippen molar-refractivity contribution in [3.05, 3.63) is 70.3 Å². The first-order valence-electron chi connectivity index (χ1n) is 10.9. The van der Waals surface area contributed by atoms with Crippen LogP contribution in [0.1, 0.15) is 38.6 Å². The highest BCUT2D eigenvalue weighted by atomic mass is 32.1. The van der Waals surface area contributed by atoms with Crippen LogP contribution in [0.25, 0.3) is 0 Å². The van der Waals surface area contributed by atoms with Crippen LogP contribution in [0.5, 0.6) is 5.75 Å². The molecule has 3 amide bonds. The van der Waals surface area contributed by atoms with Crippen molar-refractivity contribution < 1.29 is 19.1 Å². The third-order valence-corrected chi connectivity index (χ3v) is 6.46. The van der Waals surface area contributed by atoms with Crippen LogP contribution in [-0.2, 0) is 11.2 Å². The quantitative estimate of drug-likeness (QED) is 0.539. The SMILES string of the molecule is COc1ccccc1C(=O)Nc1nccnc1C(=O)NC1CCN(C(=O)Cc2cccs2)CC1. The maximum atomic E-state index is 12.9. The van der Waals surface area contributed by atoms with Crippen LogP contribution in [0, 0.1) is 0 Å². The Labute approximate surface area is 201 Å². The van der Waals surface area contributed by atoms with E-state index in [1.807, 2.05) is 22.4 Å². The summed E-state index contributed by atoms with van der Waals surface area (Å²) in [6, 6.07) is 10.6. The summed E-state index contributed by atoms with van der Waals surface area (Å²) in [5, 5.41) is 7.58. The van der Waals surface area contributed by atoms with E-state index in [0.717, 1.165) is 4.88 Å². The van der Waals surface area contributed by atoms with Crippen molar-refractivity contribution in [2.75, 3.05) is 25.5 Å². The van der Waals surface area contributed by atoms with Gasteiger partial charge in [-0.15, -0.1) is 11.3 Å². The normalized spacial score (nSPS) is 13.9. The van der Waals surface area contributed by atoms with Crippen molar-refractivity contribution in [3.8, 4) is 5.75 Å². The van der Waals surface area contributed by atoms with E-state index in [4.69, 9.17) is 4.74 Å². The number of aromatic nitrogens is 2. The summed E-state index contributed by atoms with van der Waals surface area (Å²) >= 11 is 1.57. The zero-order valence-corrected chi connectivity index (χ0v) is 19.5. The molecular weight excluding hydrogens is 454 g/mol. The Bertz CT molecular complexity index is 1160. The summed E-state index contributed by atoms with van der Waals surface area (Å²) in [7, 11) is 1.48. The minimum absolute atomic E-state index is 0.0296. The van der Waals surface area contributed by atoms with Gasteiger partial charge in [0.25, 0.3) is 11.8 Å². The number of carbonyl (C=O) groups excluding carboxylic acids is 3. The molecule has 1 aliphatic heterocycles. The maximum absolute atomic E-state index is 12.9. The Hall–Kier alpha value is -3.79. The molecular formula is C24H25N5O4S. The minimum Gasteiger partial charge on any atom is -0.496 e. The number of para-hydroxylation sites is 1. The molecule has 4 rings (SSSR count). The van der Waals surface area contributed by atoms with Gasteiger partial charge in [-0.05, 0) is 36.4 Å². The van der Waals surface area contributed by atoms with Gasteiger partial charge in [0.05, 0.1) is 19.1 Å². The summed E-state index contributed by atoms with van der Waals surface area (Å²) in [6.07, 6.45) is 4.51. The van der Waals surface area contributed by atoms with E-state index in [1.54, 1.807) is 35.6 Å². The standard InChI is InChI=1S/C24H25N5O4S/c1-33-19-7-3-2-6-18(19)23(31)28-22-21(25-10-11-26-22)24(32)27-16-8-12-29(13-9-16)20(30)15-17-5-4-14-34-17/h2-7,10-11,14,16H,8-9,12-13,15H2,1H3,(H,27,32)(H,26,28,31). The van der Waals surface area contributed by atoms with Crippen molar-refractivity contribution in [1.29, 1.82) is 0 Å². The number of anilines is 1. The molecule has 0 saturated carbocycles. The Kier molecular flexibility index (Phi) is 7.48. The average Bonchev–Trinajstić information content (AvgIpc) is 3.37. The molecule has 0 aliphatic carbocycles. The fraction of sp³-hybridized carbons (Fsp3) is 0.292. The van der Waals surface area contributed by atoms with Crippen molar-refractivity contribution in [2.45, 2.75) is 25.3 Å². The molecule has 1 aliphatic rings. The first-order valence-corrected chi connectivity index (χ1v) is 11.8. The fourth-order valence-corrected chi connectivity index (χ4v) is 4.50. The van der Waals surface area contributed by atoms with Crippen molar-refractivity contribution in [3.63, 3.8) is 0 Å². The topological polar surface area (TPSA) is 114 Å². The van der Waals surface area contributed by atoms with Gasteiger partial charge in [0, 0.05) is 36.4 Å². The second-order valence-electron chi connectivity index (χ2n) is 7.79. The number of hydrogen-bond acceptors (Lipinski definition) is 7. The third kappa shape index (κ3) is 5.57. The van der Waals surface area contributed by atoms with Gasteiger partial charge in [0.2, 0.25) is 5.91 Å². The number of carbonyl (C=O) groups is 3. The maximum Gasteiger partial charge on any atom is 0.273 e. The first-order chi connectivity index (χ1) is 16.5. The molecule has 34 heavy (non-hydrogen) atoms. The molecule has 176 valence electrons. The molecule has 0 atom stereocenters. The number of likely N-dealkylation sites (tertiary alicyclic amines) is 1. The molecule has 9 nitrogen and oxygen atoms in total. The lowest BCUT2D eigenvalue weighted by Crippen LogP contribution is -2.47. The molecule has 0 radical (unpaired) electrons. The number of thiophene rings is 1. The number of nitrogens with one attached hydrogen (secondary N) is 2. The number of benzene rings is 1. The first kappa shape index (κ1) is 23.4. The Morgan fingerprint density at radius 1 is 1.06 bits per heavy atom. The summed E-state index contributed by atoms with van der Waals surface area (Å²) in [5.41, 5.74) is 0.351. The third-order valence-electron chi connectivity index (χ3n) is 5.59. The van der Waals surface area contributed by atoms with E-state index in [-0.39, 0.29) is 23.5 Å². The number of hydrogen-bond donors (Lipinski definition) is 2. The Balaban J connectivity index is 1.35. The number of rotatable bonds is 7. The Morgan fingerprint density at radius 2 is 1.82 bits per heavy atom. The summed E-state index contributed by atoms with van der Waals surface area (Å²) < 4.78 is 5.23. The van der Waals surface area contributed by atoms with Crippen molar-refractivity contribution in [2.24, 2.45) is 0 Å². The van der Waals surface area contributed by atoms with Crippen LogP contribution >= 0.6 is 11.3 Å². The largest absolute Gasteiger partial charge is 0.496 e. The predicted octanol–water partition coefficient (Wildman–Crippen LogP) is 2.76. The van der Waals surface area contributed by atoms with Crippen molar-refractivity contribution in [1.82, 2.24) is 20.2 Å². The lowest BCUT2D eigenvalue weighted by atomic mass is 10.0. The molecule has 1 fully saturated rings. The van der Waals surface area contributed by atoms with Gasteiger partial charge < -0.3 is 20.3 Å². The van der Waals surface area contributed by atoms with E-state index in [2.05, 4.69) is 20.6 Å². The molecule has 2 N–H and O–H groups in total. The molecule has 2 aromatic heterocycles. The zero-order valence-electron chi connectivity index (χ0n) is 18.7. The van der Waals surface area contributed by atoms with Crippen LogP contribution in [0.3, 0.4) is 0 Å². The monoisotopic (exact) mass is 479 g/mol. The van der Waals surface area contributed by atoms with E-state index in [9.17, 15) is 14.4 Å². The molecule has 1 saturated heterocycles. The molecule has 3 heterocycles. The molecule has 0 unspecified atom stereocenters. The number of ether oxygens (including phenoxy) is 1. The molecule has 0 bridgehead atoms. The summed E-state index contributed by atoms with van der Waals surface area (Å²) in [4.78, 5) is 49.3. The van der Waals surface area contributed by atoms with Crippen LogP contribution in [0.2, 0.25) is 0 Å². The van der Waals surface area contributed by atoms with E-state index < -0.39 is 11.8 Å². The minimum atomic E-state index is -0.454. The second kappa shape index (κ2) is 10.9. The number of nitrogens with zero attached hydrogens (tertiary/aromatic N) is 3. The molecule has 10 heteroatoms. The molecule has 0 spiro atoms. The number of piperidine rings is 1. The van der Waals surface area contributed by atoms with Crippen LogP contribution in [0.4, 0.5) is 5.82 Å². The van der Waals surface area contributed by atoms with Gasteiger partial charge >= 0.3 is 0 Å². The predicted molar refractivity (Wildman–Crippen MR) is 128 cm³/mol. The van der Waals surface area contributed by atoms with E-state index in [0.29, 0.717) is 43.7 Å². The van der Waals surface area contributed by atoms with Gasteiger partial charge in [-0.3, -0.25) is 14.4 Å². The number of methoxy groups -OCH3 is 1.